The lowest BCUT2D eigenvalue weighted by Crippen LogP contribution is -2.46. The van der Waals surface area contributed by atoms with Crippen LogP contribution in [0.25, 0.3) is 0 Å². The van der Waals surface area contributed by atoms with Crippen molar-refractivity contribution >= 4 is 0 Å². The van der Waals surface area contributed by atoms with Crippen LogP contribution in [0.15, 0.2) is 30.6 Å². The van der Waals surface area contributed by atoms with Gasteiger partial charge in [0.2, 0.25) is 0 Å². The van der Waals surface area contributed by atoms with E-state index in [9.17, 15) is 0 Å². The molecule has 0 saturated carbocycles. The molecular weight excluding hydrogens is 238 g/mol. The lowest BCUT2D eigenvalue weighted by molar-refractivity contribution is 0.334. The molecule has 2 N–H and O–H groups in total. The van der Waals surface area contributed by atoms with Crippen LogP contribution in [0, 0.1) is 0 Å². The normalized spacial score (nSPS) is 22.0. The molecule has 1 unspecified atom stereocenters. The first-order valence-electron chi connectivity index (χ1n) is 6.62. The number of benzene rings is 1. The van der Waals surface area contributed by atoms with E-state index in [1.54, 1.807) is 13.4 Å². The predicted octanol–water partition coefficient (Wildman–Crippen LogP) is 2.02. The number of nitrogens with one attached hydrogen (secondary N) is 2. The van der Waals surface area contributed by atoms with Gasteiger partial charge in [-0.15, -0.1) is 0 Å². The molecule has 0 bridgehead atoms. The Hall–Kier alpha value is -1.81. The average Bonchev–Trinajstić information content (AvgIpc) is 2.90. The third-order valence-electron chi connectivity index (χ3n) is 3.85. The second kappa shape index (κ2) is 4.70. The summed E-state index contributed by atoms with van der Waals surface area (Å²) >= 11 is 0. The molecule has 1 atom stereocenters. The molecule has 2 heterocycles. The second-order valence-corrected chi connectivity index (χ2v) is 5.26. The van der Waals surface area contributed by atoms with Crippen LogP contribution in [-0.4, -0.2) is 23.6 Å². The highest BCUT2D eigenvalue weighted by atomic mass is 16.5. The van der Waals surface area contributed by atoms with Gasteiger partial charge < -0.3 is 15.0 Å². The van der Waals surface area contributed by atoms with Crippen molar-refractivity contribution in [3.8, 4) is 5.75 Å². The summed E-state index contributed by atoms with van der Waals surface area (Å²) in [6, 6.07) is 8.25. The van der Waals surface area contributed by atoms with E-state index in [4.69, 9.17) is 4.74 Å². The Morgan fingerprint density at radius 2 is 2.11 bits per heavy atom. The maximum Gasteiger partial charge on any atom is 0.118 e. The van der Waals surface area contributed by atoms with Crippen molar-refractivity contribution in [3.63, 3.8) is 0 Å². The first kappa shape index (κ1) is 12.2. The molecule has 2 aromatic rings. The van der Waals surface area contributed by atoms with Gasteiger partial charge in [-0.2, -0.15) is 0 Å². The number of fused-ring (bicyclic) bond motifs is 1. The molecule has 3 rings (SSSR count). The molecule has 4 heteroatoms. The van der Waals surface area contributed by atoms with Crippen molar-refractivity contribution in [1.82, 2.24) is 15.3 Å². The number of rotatable bonds is 3. The molecule has 4 nitrogen and oxygen atoms in total. The van der Waals surface area contributed by atoms with Gasteiger partial charge in [-0.3, -0.25) is 0 Å². The Morgan fingerprint density at radius 1 is 1.32 bits per heavy atom. The van der Waals surface area contributed by atoms with Gasteiger partial charge >= 0.3 is 0 Å². The zero-order valence-electron chi connectivity index (χ0n) is 11.4. The molecule has 1 aromatic carbocycles. The van der Waals surface area contributed by atoms with E-state index >= 15 is 0 Å². The summed E-state index contributed by atoms with van der Waals surface area (Å²) in [6.45, 7) is 3.21. The van der Waals surface area contributed by atoms with Gasteiger partial charge in [-0.25, -0.2) is 4.98 Å². The smallest absolute Gasteiger partial charge is 0.118 e. The zero-order chi connectivity index (χ0) is 13.3. The van der Waals surface area contributed by atoms with E-state index in [-0.39, 0.29) is 5.54 Å². The van der Waals surface area contributed by atoms with E-state index < -0.39 is 0 Å². The molecule has 0 aliphatic carbocycles. The van der Waals surface area contributed by atoms with Crippen molar-refractivity contribution in [1.29, 1.82) is 0 Å². The van der Waals surface area contributed by atoms with E-state index in [0.29, 0.717) is 0 Å². The van der Waals surface area contributed by atoms with E-state index in [1.807, 2.05) is 12.1 Å². The summed E-state index contributed by atoms with van der Waals surface area (Å²) in [7, 11) is 1.69. The van der Waals surface area contributed by atoms with E-state index in [2.05, 4.69) is 34.3 Å². The average molecular weight is 257 g/mol. The van der Waals surface area contributed by atoms with Gasteiger partial charge in [0.15, 0.2) is 0 Å². The molecule has 19 heavy (non-hydrogen) atoms. The highest BCUT2D eigenvalue weighted by molar-refractivity contribution is 5.32. The summed E-state index contributed by atoms with van der Waals surface area (Å²) in [5, 5.41) is 3.60. The standard InChI is InChI=1S/C15H19N3O/c1-15(9-11-3-5-12(19-2)6-4-11)14-13(7-8-18-15)16-10-17-14/h3-6,10,18H,7-9H2,1-2H3,(H,16,17). The van der Waals surface area contributed by atoms with Crippen LogP contribution in [0.2, 0.25) is 0 Å². The number of methoxy groups -OCH3 is 1. The van der Waals surface area contributed by atoms with Crippen molar-refractivity contribution in [2.45, 2.75) is 25.3 Å². The van der Waals surface area contributed by atoms with Crippen molar-refractivity contribution in [2.75, 3.05) is 13.7 Å². The maximum absolute atomic E-state index is 5.20. The number of nitrogens with zero attached hydrogens (tertiary/aromatic N) is 1. The van der Waals surface area contributed by atoms with Gasteiger partial charge in [-0.1, -0.05) is 12.1 Å². The van der Waals surface area contributed by atoms with E-state index in [1.165, 1.54) is 11.3 Å². The number of hydrogen-bond acceptors (Lipinski definition) is 3. The number of H-pyrrole nitrogens is 1. The summed E-state index contributed by atoms with van der Waals surface area (Å²) in [5.41, 5.74) is 3.60. The Bertz CT molecular complexity index is 561. The summed E-state index contributed by atoms with van der Waals surface area (Å²) in [6.07, 6.45) is 3.74. The largest absolute Gasteiger partial charge is 0.497 e. The minimum atomic E-state index is -0.0951. The summed E-state index contributed by atoms with van der Waals surface area (Å²) < 4.78 is 5.20. The van der Waals surface area contributed by atoms with Gasteiger partial charge in [0.1, 0.15) is 5.75 Å². The van der Waals surface area contributed by atoms with Crippen LogP contribution in [0.1, 0.15) is 23.9 Å². The number of aromatic amines is 1. The monoisotopic (exact) mass is 257 g/mol. The first-order chi connectivity index (χ1) is 9.21. The Labute approximate surface area is 113 Å². The predicted molar refractivity (Wildman–Crippen MR) is 74.3 cm³/mol. The topological polar surface area (TPSA) is 49.9 Å². The van der Waals surface area contributed by atoms with Gasteiger partial charge in [0.25, 0.3) is 0 Å². The number of aromatic nitrogens is 2. The lowest BCUT2D eigenvalue weighted by Gasteiger charge is -2.34. The fourth-order valence-electron chi connectivity index (χ4n) is 2.83. The van der Waals surface area contributed by atoms with Gasteiger partial charge in [-0.05, 0) is 31.0 Å². The molecular formula is C15H19N3O. The molecule has 1 aliphatic rings. The Kier molecular flexibility index (Phi) is 3.03. The van der Waals surface area contributed by atoms with Crippen LogP contribution in [0.5, 0.6) is 5.75 Å². The summed E-state index contributed by atoms with van der Waals surface area (Å²) in [5.74, 6) is 0.894. The SMILES string of the molecule is COc1ccc(CC2(C)NCCc3[nH]cnc32)cc1. The van der Waals surface area contributed by atoms with Crippen LogP contribution >= 0.6 is 0 Å². The molecule has 100 valence electrons. The fraction of sp³-hybridized carbons (Fsp3) is 0.400. The number of imidazole rings is 1. The van der Waals surface area contributed by atoms with Crippen LogP contribution in [0.4, 0.5) is 0 Å². The quantitative estimate of drug-likeness (QED) is 0.884. The third-order valence-corrected chi connectivity index (χ3v) is 3.85. The van der Waals surface area contributed by atoms with Gasteiger partial charge in [0.05, 0.1) is 24.7 Å². The van der Waals surface area contributed by atoms with Crippen molar-refractivity contribution in [2.24, 2.45) is 0 Å². The second-order valence-electron chi connectivity index (χ2n) is 5.26. The lowest BCUT2D eigenvalue weighted by atomic mass is 9.85. The minimum Gasteiger partial charge on any atom is -0.497 e. The minimum absolute atomic E-state index is 0.0951. The maximum atomic E-state index is 5.20. The van der Waals surface area contributed by atoms with Gasteiger partial charge in [0, 0.05) is 18.7 Å². The number of ether oxygens (including phenoxy) is 1. The third kappa shape index (κ3) is 2.24. The highest BCUT2D eigenvalue weighted by Gasteiger charge is 2.34. The molecule has 1 aliphatic heterocycles. The molecule has 0 saturated heterocycles. The molecule has 0 amide bonds. The van der Waals surface area contributed by atoms with E-state index in [0.717, 1.165) is 30.8 Å². The van der Waals surface area contributed by atoms with Crippen LogP contribution in [-0.2, 0) is 18.4 Å². The molecule has 0 spiro atoms. The Morgan fingerprint density at radius 3 is 2.84 bits per heavy atom. The molecule has 0 fully saturated rings. The zero-order valence-corrected chi connectivity index (χ0v) is 11.4. The number of hydrogen-bond donors (Lipinski definition) is 2. The highest BCUT2D eigenvalue weighted by Crippen LogP contribution is 2.29. The molecule has 1 aromatic heterocycles. The fourth-order valence-corrected chi connectivity index (χ4v) is 2.83. The Balaban J connectivity index is 1.86. The van der Waals surface area contributed by atoms with Crippen molar-refractivity contribution < 1.29 is 4.74 Å². The van der Waals surface area contributed by atoms with Crippen molar-refractivity contribution in [3.05, 3.63) is 47.5 Å². The van der Waals surface area contributed by atoms with Crippen LogP contribution < -0.4 is 10.1 Å². The molecule has 0 radical (unpaired) electrons. The first-order valence-corrected chi connectivity index (χ1v) is 6.62. The van der Waals surface area contributed by atoms with Crippen LogP contribution in [0.3, 0.4) is 0 Å². The summed E-state index contributed by atoms with van der Waals surface area (Å²) in [4.78, 5) is 7.74.